The first-order valence-corrected chi connectivity index (χ1v) is 17.0. The molecule has 2 aromatic rings. The lowest BCUT2D eigenvalue weighted by atomic mass is 9.83. The fourth-order valence-electron chi connectivity index (χ4n) is 8.14. The minimum Gasteiger partial charge on any atom is -0.493 e. The molecule has 0 aromatic heterocycles. The summed E-state index contributed by atoms with van der Waals surface area (Å²) >= 11 is 0. The molecule has 0 aliphatic carbocycles. The molecule has 0 radical (unpaired) electrons. The van der Waals surface area contributed by atoms with Gasteiger partial charge >= 0.3 is 0 Å². The van der Waals surface area contributed by atoms with Gasteiger partial charge in [0.05, 0.1) is 37.6 Å². The first kappa shape index (κ1) is 32.3. The maximum Gasteiger partial charge on any atom is 0.264 e. The molecule has 0 N–H and O–H groups in total. The van der Waals surface area contributed by atoms with Crippen LogP contribution in [0.15, 0.2) is 36.4 Å². The van der Waals surface area contributed by atoms with Crippen LogP contribution in [0.4, 0.5) is 5.69 Å². The zero-order valence-corrected chi connectivity index (χ0v) is 27.5. The first-order valence-electron chi connectivity index (χ1n) is 17.0. The van der Waals surface area contributed by atoms with Crippen molar-refractivity contribution in [1.29, 1.82) is 0 Å². The molecule has 0 unspecified atom stereocenters. The van der Waals surface area contributed by atoms with Crippen LogP contribution in [-0.4, -0.2) is 99.1 Å². The molecular formula is C36H48N4O6. The van der Waals surface area contributed by atoms with E-state index >= 15 is 0 Å². The zero-order valence-electron chi connectivity index (χ0n) is 27.5. The number of methoxy groups -OCH3 is 3. The number of piperidine rings is 2. The molecule has 10 nitrogen and oxygen atoms in total. The number of nitrogens with zero attached hydrogens (tertiary/aromatic N) is 4. The molecule has 3 atom stereocenters. The van der Waals surface area contributed by atoms with Crippen molar-refractivity contribution in [2.24, 2.45) is 5.92 Å². The standard InChI is InChI=1S/C36H48N4O6/c1-44-23-22-38(24-25-12-11-20-37-19-10-8-14-28(25)37)31(41)16-5-4-9-21-39-34-27-17-18-30(45-2)33(46-3)32(27)36(43)40(34)29-15-7-6-13-26(29)35(39)42/h6-7,13,15,17-18,25,28,34H,4-5,8-12,14,16,19-24H2,1-3H3/t25-,28+,34-/m0/s1. The number of unbranched alkanes of at least 4 members (excludes halogenated alkanes) is 2. The Morgan fingerprint density at radius 1 is 0.913 bits per heavy atom. The van der Waals surface area contributed by atoms with Crippen LogP contribution in [0.5, 0.6) is 11.5 Å². The van der Waals surface area contributed by atoms with Gasteiger partial charge in [-0.05, 0) is 75.7 Å². The van der Waals surface area contributed by atoms with E-state index in [1.807, 2.05) is 29.2 Å². The van der Waals surface area contributed by atoms with Crippen LogP contribution >= 0.6 is 0 Å². The highest BCUT2D eigenvalue weighted by atomic mass is 16.5. The second kappa shape index (κ2) is 14.4. The number of hydrogen-bond acceptors (Lipinski definition) is 7. The highest BCUT2D eigenvalue weighted by molar-refractivity contribution is 6.18. The molecule has 46 heavy (non-hydrogen) atoms. The number of anilines is 1. The highest BCUT2D eigenvalue weighted by Gasteiger charge is 2.49. The molecule has 2 saturated heterocycles. The topological polar surface area (TPSA) is 91.9 Å². The van der Waals surface area contributed by atoms with Crippen LogP contribution in [0.25, 0.3) is 0 Å². The lowest BCUT2D eigenvalue weighted by Crippen LogP contribution is -2.52. The van der Waals surface area contributed by atoms with Crippen molar-refractivity contribution >= 4 is 23.4 Å². The Balaban J connectivity index is 1.11. The molecule has 6 rings (SSSR count). The van der Waals surface area contributed by atoms with Gasteiger partial charge in [0.25, 0.3) is 11.8 Å². The molecule has 2 aromatic carbocycles. The number of benzene rings is 2. The van der Waals surface area contributed by atoms with Gasteiger partial charge in [-0.1, -0.05) is 31.0 Å². The van der Waals surface area contributed by atoms with E-state index in [9.17, 15) is 14.4 Å². The third-order valence-corrected chi connectivity index (χ3v) is 10.4. The molecule has 2 fully saturated rings. The number of fused-ring (bicyclic) bond motifs is 6. The summed E-state index contributed by atoms with van der Waals surface area (Å²) in [5, 5.41) is 0. The quantitative estimate of drug-likeness (QED) is 0.283. The van der Waals surface area contributed by atoms with Gasteiger partial charge in [-0.2, -0.15) is 0 Å². The van der Waals surface area contributed by atoms with Crippen LogP contribution in [0.1, 0.15) is 90.2 Å². The molecule has 4 aliphatic heterocycles. The van der Waals surface area contributed by atoms with Crippen molar-refractivity contribution in [2.45, 2.75) is 70.0 Å². The smallest absolute Gasteiger partial charge is 0.264 e. The maximum atomic E-state index is 13.9. The molecule has 4 aliphatic rings. The summed E-state index contributed by atoms with van der Waals surface area (Å²) in [5.74, 6) is 1.27. The number of ether oxygens (including phenoxy) is 3. The van der Waals surface area contributed by atoms with Crippen LogP contribution in [-0.2, 0) is 9.53 Å². The van der Waals surface area contributed by atoms with Gasteiger partial charge in [0, 0.05) is 44.8 Å². The summed E-state index contributed by atoms with van der Waals surface area (Å²) in [5.41, 5.74) is 2.27. The monoisotopic (exact) mass is 632 g/mol. The maximum absolute atomic E-state index is 13.9. The molecule has 0 spiro atoms. The van der Waals surface area contributed by atoms with Crippen molar-refractivity contribution < 1.29 is 28.6 Å². The van der Waals surface area contributed by atoms with E-state index in [0.717, 1.165) is 31.4 Å². The zero-order chi connectivity index (χ0) is 32.2. The summed E-state index contributed by atoms with van der Waals surface area (Å²) in [6.45, 7) is 4.83. The van der Waals surface area contributed by atoms with Crippen LogP contribution in [0.2, 0.25) is 0 Å². The van der Waals surface area contributed by atoms with Gasteiger partial charge in [0.1, 0.15) is 6.17 Å². The number of hydrogen-bond donors (Lipinski definition) is 0. The molecule has 248 valence electrons. The highest BCUT2D eigenvalue weighted by Crippen LogP contribution is 2.49. The Labute approximate surface area is 272 Å². The molecule has 0 bridgehead atoms. The third-order valence-electron chi connectivity index (χ3n) is 10.4. The van der Waals surface area contributed by atoms with E-state index in [1.165, 1.54) is 52.3 Å². The lowest BCUT2D eigenvalue weighted by Gasteiger charge is -2.45. The number of amides is 3. The number of para-hydroxylation sites is 1. The van der Waals surface area contributed by atoms with Gasteiger partial charge in [0.2, 0.25) is 5.91 Å². The molecule has 3 amide bonds. The minimum atomic E-state index is -0.564. The van der Waals surface area contributed by atoms with Crippen molar-refractivity contribution in [2.75, 3.05) is 65.6 Å². The van der Waals surface area contributed by atoms with Crippen molar-refractivity contribution in [1.82, 2.24) is 14.7 Å². The average Bonchev–Trinajstić information content (AvgIpc) is 3.39. The van der Waals surface area contributed by atoms with Crippen molar-refractivity contribution in [3.8, 4) is 11.5 Å². The Hall–Kier alpha value is -3.63. The van der Waals surface area contributed by atoms with Crippen LogP contribution in [0.3, 0.4) is 0 Å². The van der Waals surface area contributed by atoms with Crippen molar-refractivity contribution in [3.05, 3.63) is 53.1 Å². The van der Waals surface area contributed by atoms with Crippen LogP contribution < -0.4 is 14.4 Å². The number of carbonyl (C=O) groups is 3. The average molecular weight is 633 g/mol. The predicted molar refractivity (Wildman–Crippen MR) is 175 cm³/mol. The fraction of sp³-hybridized carbons (Fsp3) is 0.583. The van der Waals surface area contributed by atoms with E-state index in [0.29, 0.717) is 66.4 Å². The Morgan fingerprint density at radius 2 is 1.74 bits per heavy atom. The molecule has 4 heterocycles. The van der Waals surface area contributed by atoms with E-state index in [4.69, 9.17) is 14.2 Å². The van der Waals surface area contributed by atoms with E-state index in [2.05, 4.69) is 4.90 Å². The second-order valence-electron chi connectivity index (χ2n) is 13.0. The number of rotatable bonds is 13. The predicted octanol–water partition coefficient (Wildman–Crippen LogP) is 5.12. The summed E-state index contributed by atoms with van der Waals surface area (Å²) in [6.07, 6.45) is 8.40. The third kappa shape index (κ3) is 6.09. The largest absolute Gasteiger partial charge is 0.493 e. The number of carbonyl (C=O) groups excluding carboxylic acids is 3. The first-order chi connectivity index (χ1) is 22.5. The summed E-state index contributed by atoms with van der Waals surface area (Å²) in [4.78, 5) is 49.5. The van der Waals surface area contributed by atoms with E-state index in [-0.39, 0.29) is 17.7 Å². The van der Waals surface area contributed by atoms with Gasteiger partial charge in [-0.15, -0.1) is 0 Å². The molecular weight excluding hydrogens is 584 g/mol. The summed E-state index contributed by atoms with van der Waals surface area (Å²) in [6, 6.07) is 11.5. The van der Waals surface area contributed by atoms with Gasteiger partial charge < -0.3 is 28.9 Å². The summed E-state index contributed by atoms with van der Waals surface area (Å²) in [7, 11) is 4.76. The fourth-order valence-corrected chi connectivity index (χ4v) is 8.14. The van der Waals surface area contributed by atoms with Crippen LogP contribution in [0, 0.1) is 5.92 Å². The Morgan fingerprint density at radius 3 is 2.54 bits per heavy atom. The van der Waals surface area contributed by atoms with Gasteiger partial charge in [-0.25, -0.2) is 0 Å². The van der Waals surface area contributed by atoms with Gasteiger partial charge in [0.15, 0.2) is 11.5 Å². The Bertz CT molecular complexity index is 1430. The lowest BCUT2D eigenvalue weighted by molar-refractivity contribution is -0.133. The summed E-state index contributed by atoms with van der Waals surface area (Å²) < 4.78 is 16.5. The second-order valence-corrected chi connectivity index (χ2v) is 13.0. The normalized spacial score (nSPS) is 22.2. The van der Waals surface area contributed by atoms with Crippen molar-refractivity contribution in [3.63, 3.8) is 0 Å². The van der Waals surface area contributed by atoms with E-state index in [1.54, 1.807) is 36.2 Å². The molecule has 10 heteroatoms. The minimum absolute atomic E-state index is 0.0988. The molecule has 0 saturated carbocycles. The van der Waals surface area contributed by atoms with Gasteiger partial charge in [-0.3, -0.25) is 19.3 Å². The Kier molecular flexibility index (Phi) is 10.1. The SMILES string of the molecule is COCCN(C[C@@H]1CCCN2CCCC[C@H]12)C(=O)CCCCCN1C(=O)c2ccccc2N2C(=O)c3c(ccc(OC)c3OC)[C@@H]12. The van der Waals surface area contributed by atoms with E-state index < -0.39 is 6.17 Å².